The highest BCUT2D eigenvalue weighted by molar-refractivity contribution is 4.72. The van der Waals surface area contributed by atoms with Crippen LogP contribution in [-0.2, 0) is 18.9 Å². The molecule has 4 heteroatoms. The molecule has 0 aromatic rings. The van der Waals surface area contributed by atoms with E-state index in [1.54, 1.807) is 6.26 Å². The van der Waals surface area contributed by atoms with Gasteiger partial charge in [-0.3, -0.25) is 0 Å². The zero-order valence-corrected chi connectivity index (χ0v) is 25.5. The van der Waals surface area contributed by atoms with Crippen LogP contribution in [0.1, 0.15) is 168 Å². The average molecular weight is 527 g/mol. The summed E-state index contributed by atoms with van der Waals surface area (Å²) in [5.41, 5.74) is 0. The number of unbranched alkanes of at least 4 members (excludes halogenated alkanes) is 18. The van der Waals surface area contributed by atoms with Crippen LogP contribution < -0.4 is 0 Å². The van der Waals surface area contributed by atoms with Crippen LogP contribution >= 0.6 is 0 Å². The van der Waals surface area contributed by atoms with Gasteiger partial charge in [-0.25, -0.2) is 0 Å². The van der Waals surface area contributed by atoms with Gasteiger partial charge in [-0.2, -0.15) is 0 Å². The van der Waals surface area contributed by atoms with Gasteiger partial charge in [-0.1, -0.05) is 124 Å². The summed E-state index contributed by atoms with van der Waals surface area (Å²) in [6.45, 7) is 9.63. The van der Waals surface area contributed by atoms with Gasteiger partial charge in [0.2, 0.25) is 0 Å². The minimum Gasteiger partial charge on any atom is -0.475 e. The Kier molecular flexibility index (Phi) is 32.9. The summed E-state index contributed by atoms with van der Waals surface area (Å²) in [5.74, 6) is 0. The van der Waals surface area contributed by atoms with Crippen LogP contribution in [0.15, 0.2) is 12.3 Å². The number of ether oxygens (including phenoxy) is 4. The molecule has 0 aromatic heterocycles. The van der Waals surface area contributed by atoms with Gasteiger partial charge in [0.15, 0.2) is 13.1 Å². The molecule has 0 fully saturated rings. The van der Waals surface area contributed by atoms with Crippen molar-refractivity contribution in [1.29, 1.82) is 0 Å². The first-order chi connectivity index (χ1) is 18.3. The number of hydrogen-bond donors (Lipinski definition) is 0. The Morgan fingerprint density at radius 3 is 1.46 bits per heavy atom. The van der Waals surface area contributed by atoms with E-state index in [2.05, 4.69) is 26.8 Å². The number of allylic oxidation sites excluding steroid dienone is 1. The van der Waals surface area contributed by atoms with Crippen molar-refractivity contribution < 1.29 is 18.9 Å². The Morgan fingerprint density at radius 2 is 0.946 bits per heavy atom. The van der Waals surface area contributed by atoms with Gasteiger partial charge in [0.05, 0.1) is 12.9 Å². The molecule has 0 aromatic carbocycles. The Bertz CT molecular complexity index is 407. The summed E-state index contributed by atoms with van der Waals surface area (Å²) in [6, 6.07) is 0. The molecule has 0 N–H and O–H groups in total. The monoisotopic (exact) mass is 526 g/mol. The van der Waals surface area contributed by atoms with Crippen molar-refractivity contribution in [1.82, 2.24) is 0 Å². The lowest BCUT2D eigenvalue weighted by Gasteiger charge is -2.19. The molecule has 0 saturated carbocycles. The fraction of sp³-hybridized carbons (Fsp3) is 0.939. The van der Waals surface area contributed by atoms with Crippen LogP contribution in [0.4, 0.5) is 0 Å². The van der Waals surface area contributed by atoms with Gasteiger partial charge in [0.1, 0.15) is 0 Å². The first-order valence-corrected chi connectivity index (χ1v) is 16.4. The summed E-state index contributed by atoms with van der Waals surface area (Å²) < 4.78 is 23.3. The highest BCUT2D eigenvalue weighted by Crippen LogP contribution is 2.13. The number of hydrogen-bond acceptors (Lipinski definition) is 4. The molecule has 0 atom stereocenters. The Hall–Kier alpha value is -0.580. The lowest BCUT2D eigenvalue weighted by atomic mass is 10.1. The van der Waals surface area contributed by atoms with Crippen LogP contribution in [0.3, 0.4) is 0 Å². The highest BCUT2D eigenvalue weighted by Gasteiger charge is 2.09. The van der Waals surface area contributed by atoms with E-state index in [4.69, 9.17) is 18.9 Å². The molecule has 0 rings (SSSR count). The molecule has 4 nitrogen and oxygen atoms in total. The van der Waals surface area contributed by atoms with Crippen LogP contribution in [0.2, 0.25) is 0 Å². The van der Waals surface area contributed by atoms with E-state index in [0.717, 1.165) is 64.8 Å². The summed E-state index contributed by atoms with van der Waals surface area (Å²) in [4.78, 5) is 0. The molecule has 0 radical (unpaired) electrons. The normalized spacial score (nSPS) is 11.8. The van der Waals surface area contributed by atoms with E-state index in [1.807, 2.05) is 0 Å². The molecule has 0 amide bonds. The minimum absolute atomic E-state index is 0.0360. The van der Waals surface area contributed by atoms with Crippen LogP contribution in [0.25, 0.3) is 0 Å². The highest BCUT2D eigenvalue weighted by atomic mass is 16.7. The van der Waals surface area contributed by atoms with Gasteiger partial charge in [0, 0.05) is 13.2 Å². The molecular formula is C33H66O4. The fourth-order valence-corrected chi connectivity index (χ4v) is 4.43. The van der Waals surface area contributed by atoms with E-state index in [-0.39, 0.29) is 6.29 Å². The standard InChI is InChI=1S/C33H66O4/c1-4-7-10-13-15-19-25-30-36-33(37-31-26-20-16-14-11-8-5-2)27-22-17-21-24-29-35-32-34-28-23-18-12-9-6-3/h24,29,33H,4-23,25-28,30-32H2,1-3H3. The third-order valence-electron chi connectivity index (χ3n) is 6.90. The lowest BCUT2D eigenvalue weighted by molar-refractivity contribution is -0.148. The zero-order valence-electron chi connectivity index (χ0n) is 25.5. The van der Waals surface area contributed by atoms with Gasteiger partial charge in [-0.05, 0) is 51.0 Å². The first-order valence-electron chi connectivity index (χ1n) is 16.4. The maximum absolute atomic E-state index is 6.16. The maximum Gasteiger partial charge on any atom is 0.188 e. The fourth-order valence-electron chi connectivity index (χ4n) is 4.43. The second kappa shape index (κ2) is 33.4. The Morgan fingerprint density at radius 1 is 0.486 bits per heavy atom. The molecule has 0 aliphatic rings. The van der Waals surface area contributed by atoms with Crippen molar-refractivity contribution in [3.8, 4) is 0 Å². The van der Waals surface area contributed by atoms with E-state index in [0.29, 0.717) is 6.79 Å². The third-order valence-corrected chi connectivity index (χ3v) is 6.90. The predicted molar refractivity (Wildman–Crippen MR) is 160 cm³/mol. The molecule has 0 aliphatic carbocycles. The van der Waals surface area contributed by atoms with Crippen molar-refractivity contribution >= 4 is 0 Å². The molecule has 0 bridgehead atoms. The number of rotatable bonds is 32. The summed E-state index contributed by atoms with van der Waals surface area (Å²) >= 11 is 0. The molecule has 0 heterocycles. The van der Waals surface area contributed by atoms with Crippen molar-refractivity contribution in [3.63, 3.8) is 0 Å². The van der Waals surface area contributed by atoms with Gasteiger partial charge in [0.25, 0.3) is 0 Å². The van der Waals surface area contributed by atoms with E-state index in [9.17, 15) is 0 Å². The predicted octanol–water partition coefficient (Wildman–Crippen LogP) is 10.9. The Balaban J connectivity index is 3.87. The molecular weight excluding hydrogens is 460 g/mol. The van der Waals surface area contributed by atoms with Crippen LogP contribution in [0, 0.1) is 0 Å². The summed E-state index contributed by atoms with van der Waals surface area (Å²) in [5, 5.41) is 0. The third kappa shape index (κ3) is 31.5. The molecule has 0 aliphatic heterocycles. The Labute approximate surface area is 232 Å². The summed E-state index contributed by atoms with van der Waals surface area (Å²) in [7, 11) is 0. The van der Waals surface area contributed by atoms with Gasteiger partial charge < -0.3 is 18.9 Å². The lowest BCUT2D eigenvalue weighted by Crippen LogP contribution is -2.19. The SMILES string of the molecule is CCCCCCCCCOC(CCCCC=COCOCCCCCCC)OCCCCCCCCC. The van der Waals surface area contributed by atoms with Gasteiger partial charge >= 0.3 is 0 Å². The maximum atomic E-state index is 6.16. The average Bonchev–Trinajstić information content (AvgIpc) is 2.91. The van der Waals surface area contributed by atoms with E-state index < -0.39 is 0 Å². The second-order valence-corrected chi connectivity index (χ2v) is 10.7. The van der Waals surface area contributed by atoms with Crippen molar-refractivity contribution in [2.75, 3.05) is 26.6 Å². The smallest absolute Gasteiger partial charge is 0.188 e. The van der Waals surface area contributed by atoms with Crippen molar-refractivity contribution in [2.24, 2.45) is 0 Å². The topological polar surface area (TPSA) is 36.9 Å². The molecule has 222 valence electrons. The molecule has 0 unspecified atom stereocenters. The zero-order chi connectivity index (χ0) is 26.9. The second-order valence-electron chi connectivity index (χ2n) is 10.7. The van der Waals surface area contributed by atoms with Crippen molar-refractivity contribution in [2.45, 2.75) is 175 Å². The molecule has 0 spiro atoms. The van der Waals surface area contributed by atoms with Gasteiger partial charge in [-0.15, -0.1) is 0 Å². The first kappa shape index (κ1) is 36.4. The quantitative estimate of drug-likeness (QED) is 0.0496. The van der Waals surface area contributed by atoms with Crippen LogP contribution in [-0.4, -0.2) is 32.9 Å². The minimum atomic E-state index is -0.0360. The van der Waals surface area contributed by atoms with Crippen molar-refractivity contribution in [3.05, 3.63) is 12.3 Å². The van der Waals surface area contributed by atoms with E-state index in [1.165, 1.54) is 103 Å². The molecule has 0 saturated heterocycles. The largest absolute Gasteiger partial charge is 0.475 e. The molecule has 37 heavy (non-hydrogen) atoms. The van der Waals surface area contributed by atoms with Crippen LogP contribution in [0.5, 0.6) is 0 Å². The summed E-state index contributed by atoms with van der Waals surface area (Å²) in [6.07, 6.45) is 32.9. The van der Waals surface area contributed by atoms with E-state index >= 15 is 0 Å².